The van der Waals surface area contributed by atoms with Crippen LogP contribution in [-0.4, -0.2) is 12.6 Å². The quantitative estimate of drug-likeness (QED) is 0.532. The maximum atomic E-state index is 3.49. The Kier molecular flexibility index (Phi) is 0.884. The van der Waals surface area contributed by atoms with Gasteiger partial charge in [-0.1, -0.05) is 13.3 Å². The van der Waals surface area contributed by atoms with Gasteiger partial charge in [-0.15, -0.1) is 0 Å². The summed E-state index contributed by atoms with van der Waals surface area (Å²) < 4.78 is 0. The van der Waals surface area contributed by atoms with Gasteiger partial charge < -0.3 is 5.32 Å². The number of fused-ring (bicyclic) bond motifs is 1. The number of hydrogen-bond acceptors (Lipinski definition) is 1. The van der Waals surface area contributed by atoms with Gasteiger partial charge >= 0.3 is 0 Å². The van der Waals surface area contributed by atoms with E-state index in [1.165, 1.54) is 19.4 Å². The van der Waals surface area contributed by atoms with Crippen molar-refractivity contribution in [3.63, 3.8) is 0 Å². The standard InChI is InChI=1S/C7H13N/c1-2-5-4-8-7-3-6(5)7/h5-8H,2-4H2,1H3. The predicted octanol–water partition coefficient (Wildman–Crippen LogP) is 1.00. The Morgan fingerprint density at radius 3 is 2.75 bits per heavy atom. The molecular formula is C7H13N. The van der Waals surface area contributed by atoms with Gasteiger partial charge in [-0.25, -0.2) is 0 Å². The van der Waals surface area contributed by atoms with E-state index < -0.39 is 0 Å². The van der Waals surface area contributed by atoms with Crippen molar-refractivity contribution < 1.29 is 0 Å². The summed E-state index contributed by atoms with van der Waals surface area (Å²) in [5, 5.41) is 3.49. The Hall–Kier alpha value is -0.0400. The molecule has 0 bridgehead atoms. The van der Waals surface area contributed by atoms with Gasteiger partial charge in [0, 0.05) is 6.04 Å². The highest BCUT2D eigenvalue weighted by atomic mass is 15.0. The second-order valence-electron chi connectivity index (χ2n) is 3.08. The molecule has 0 radical (unpaired) electrons. The van der Waals surface area contributed by atoms with Crippen LogP contribution in [0.2, 0.25) is 0 Å². The lowest BCUT2D eigenvalue weighted by molar-refractivity contribution is 0.488. The first kappa shape index (κ1) is 4.80. The summed E-state index contributed by atoms with van der Waals surface area (Å²) in [5.41, 5.74) is 0. The molecule has 1 aliphatic heterocycles. The molecule has 1 heterocycles. The molecule has 0 aromatic carbocycles. The first-order valence-electron chi connectivity index (χ1n) is 3.65. The fourth-order valence-corrected chi connectivity index (χ4v) is 1.87. The third-order valence-corrected chi connectivity index (χ3v) is 2.61. The normalized spacial score (nSPS) is 51.4. The van der Waals surface area contributed by atoms with E-state index in [2.05, 4.69) is 12.2 Å². The van der Waals surface area contributed by atoms with Crippen LogP contribution < -0.4 is 5.32 Å². The minimum atomic E-state index is 0.944. The van der Waals surface area contributed by atoms with Crippen LogP contribution in [0.4, 0.5) is 0 Å². The zero-order valence-electron chi connectivity index (χ0n) is 5.35. The van der Waals surface area contributed by atoms with Gasteiger partial charge in [0.2, 0.25) is 0 Å². The highest BCUT2D eigenvalue weighted by molar-refractivity contribution is 5.03. The van der Waals surface area contributed by atoms with E-state index >= 15 is 0 Å². The smallest absolute Gasteiger partial charge is 0.0102 e. The summed E-state index contributed by atoms with van der Waals surface area (Å²) in [6.45, 7) is 3.60. The maximum Gasteiger partial charge on any atom is 0.0102 e. The van der Waals surface area contributed by atoms with Gasteiger partial charge in [0.15, 0.2) is 0 Å². The molecule has 1 N–H and O–H groups in total. The fourth-order valence-electron chi connectivity index (χ4n) is 1.87. The lowest BCUT2D eigenvalue weighted by Crippen LogP contribution is -2.15. The second-order valence-corrected chi connectivity index (χ2v) is 3.08. The van der Waals surface area contributed by atoms with Crippen LogP contribution in [0.25, 0.3) is 0 Å². The summed E-state index contributed by atoms with van der Waals surface area (Å²) in [6, 6.07) is 0.944. The molecule has 2 fully saturated rings. The zero-order chi connectivity index (χ0) is 5.56. The highest BCUT2D eigenvalue weighted by Crippen LogP contribution is 2.43. The van der Waals surface area contributed by atoms with Crippen molar-refractivity contribution in [2.24, 2.45) is 11.8 Å². The van der Waals surface area contributed by atoms with Gasteiger partial charge in [0.05, 0.1) is 0 Å². The molecule has 1 aliphatic carbocycles. The summed E-state index contributed by atoms with van der Waals surface area (Å²) in [4.78, 5) is 0. The van der Waals surface area contributed by atoms with Crippen molar-refractivity contribution in [2.75, 3.05) is 6.54 Å². The monoisotopic (exact) mass is 111 g/mol. The van der Waals surface area contributed by atoms with Crippen molar-refractivity contribution >= 4 is 0 Å². The van der Waals surface area contributed by atoms with Crippen LogP contribution >= 0.6 is 0 Å². The molecule has 1 nitrogen and oxygen atoms in total. The summed E-state index contributed by atoms with van der Waals surface area (Å²) in [5.74, 6) is 2.11. The molecule has 46 valence electrons. The largest absolute Gasteiger partial charge is 0.313 e. The number of rotatable bonds is 1. The van der Waals surface area contributed by atoms with Crippen molar-refractivity contribution in [1.29, 1.82) is 0 Å². The van der Waals surface area contributed by atoms with E-state index in [9.17, 15) is 0 Å². The van der Waals surface area contributed by atoms with E-state index in [0.717, 1.165) is 17.9 Å². The molecule has 2 rings (SSSR count). The Morgan fingerprint density at radius 1 is 1.62 bits per heavy atom. The van der Waals surface area contributed by atoms with Crippen molar-refractivity contribution in [3.05, 3.63) is 0 Å². The average Bonchev–Trinajstić information content (AvgIpc) is 2.46. The van der Waals surface area contributed by atoms with Crippen molar-refractivity contribution in [1.82, 2.24) is 5.32 Å². The average molecular weight is 111 g/mol. The van der Waals surface area contributed by atoms with Gasteiger partial charge in [-0.2, -0.15) is 0 Å². The lowest BCUT2D eigenvalue weighted by atomic mass is 10.0. The van der Waals surface area contributed by atoms with Crippen molar-refractivity contribution in [2.45, 2.75) is 25.8 Å². The third kappa shape index (κ3) is 0.510. The summed E-state index contributed by atoms with van der Waals surface area (Å²) in [6.07, 6.45) is 2.85. The lowest BCUT2D eigenvalue weighted by Gasteiger charge is -2.04. The van der Waals surface area contributed by atoms with E-state index in [1.807, 2.05) is 0 Å². The van der Waals surface area contributed by atoms with Crippen molar-refractivity contribution in [3.8, 4) is 0 Å². The SMILES string of the molecule is CCC1CNC2CC12. The van der Waals surface area contributed by atoms with Crippen LogP contribution in [0.1, 0.15) is 19.8 Å². The molecule has 0 aromatic rings. The number of piperidine rings is 1. The molecule has 3 unspecified atom stereocenters. The van der Waals surface area contributed by atoms with Gasteiger partial charge in [-0.3, -0.25) is 0 Å². The maximum absolute atomic E-state index is 3.49. The molecule has 1 heteroatoms. The molecule has 2 aliphatic rings. The highest BCUT2D eigenvalue weighted by Gasteiger charge is 2.46. The van der Waals surface area contributed by atoms with Crippen LogP contribution in [0, 0.1) is 11.8 Å². The second kappa shape index (κ2) is 1.47. The zero-order valence-corrected chi connectivity index (χ0v) is 5.35. The molecule has 0 amide bonds. The molecule has 8 heavy (non-hydrogen) atoms. The van der Waals surface area contributed by atoms with Crippen LogP contribution in [0.5, 0.6) is 0 Å². The Labute approximate surface area is 50.5 Å². The van der Waals surface area contributed by atoms with Crippen LogP contribution in [0.3, 0.4) is 0 Å². The topological polar surface area (TPSA) is 12.0 Å². The third-order valence-electron chi connectivity index (χ3n) is 2.61. The van der Waals surface area contributed by atoms with E-state index in [1.54, 1.807) is 0 Å². The Balaban J connectivity index is 1.97. The molecule has 1 saturated heterocycles. The minimum Gasteiger partial charge on any atom is -0.313 e. The molecular weight excluding hydrogens is 98.1 g/mol. The van der Waals surface area contributed by atoms with Crippen LogP contribution in [-0.2, 0) is 0 Å². The summed E-state index contributed by atoms with van der Waals surface area (Å²) >= 11 is 0. The summed E-state index contributed by atoms with van der Waals surface area (Å²) in [7, 11) is 0. The molecule has 0 spiro atoms. The molecule has 3 atom stereocenters. The molecule has 0 aromatic heterocycles. The fraction of sp³-hybridized carbons (Fsp3) is 1.00. The Bertz CT molecular complexity index is 101. The van der Waals surface area contributed by atoms with E-state index in [4.69, 9.17) is 0 Å². The van der Waals surface area contributed by atoms with E-state index in [-0.39, 0.29) is 0 Å². The van der Waals surface area contributed by atoms with E-state index in [0.29, 0.717) is 0 Å². The first-order chi connectivity index (χ1) is 3.92. The minimum absolute atomic E-state index is 0.944. The number of hydrogen-bond donors (Lipinski definition) is 1. The molecule has 1 saturated carbocycles. The predicted molar refractivity (Wildman–Crippen MR) is 33.7 cm³/mol. The van der Waals surface area contributed by atoms with Crippen LogP contribution in [0.15, 0.2) is 0 Å². The Morgan fingerprint density at radius 2 is 2.50 bits per heavy atom. The van der Waals surface area contributed by atoms with Gasteiger partial charge in [-0.05, 0) is 24.8 Å². The first-order valence-corrected chi connectivity index (χ1v) is 3.65. The van der Waals surface area contributed by atoms with Gasteiger partial charge in [0.1, 0.15) is 0 Å². The number of nitrogens with one attached hydrogen (secondary N) is 1. The van der Waals surface area contributed by atoms with Gasteiger partial charge in [0.25, 0.3) is 0 Å².